The van der Waals surface area contributed by atoms with Crippen molar-refractivity contribution in [1.29, 1.82) is 0 Å². The van der Waals surface area contributed by atoms with Crippen LogP contribution in [0.15, 0.2) is 17.3 Å². The average molecular weight is 190 g/mol. The van der Waals surface area contributed by atoms with Crippen LogP contribution in [0.4, 0.5) is 0 Å². The first-order chi connectivity index (χ1) is 6.72. The highest BCUT2D eigenvalue weighted by molar-refractivity contribution is 6.03. The van der Waals surface area contributed by atoms with Gasteiger partial charge in [0.2, 0.25) is 0 Å². The number of aliphatic imine (C=N–C) groups is 1. The van der Waals surface area contributed by atoms with Crippen molar-refractivity contribution in [2.75, 3.05) is 0 Å². The summed E-state index contributed by atoms with van der Waals surface area (Å²) in [5.41, 5.74) is 3.99. The molecule has 1 aliphatic heterocycles. The van der Waals surface area contributed by atoms with Crippen molar-refractivity contribution in [3.63, 3.8) is 0 Å². The van der Waals surface area contributed by atoms with E-state index in [1.165, 1.54) is 17.0 Å². The predicted octanol–water partition coefficient (Wildman–Crippen LogP) is 2.79. The van der Waals surface area contributed by atoms with E-state index in [1.807, 2.05) is 6.20 Å². The summed E-state index contributed by atoms with van der Waals surface area (Å²) in [5, 5.41) is 0. The van der Waals surface area contributed by atoms with Crippen molar-refractivity contribution in [1.82, 2.24) is 4.98 Å². The van der Waals surface area contributed by atoms with E-state index in [-0.39, 0.29) is 0 Å². The van der Waals surface area contributed by atoms with Crippen LogP contribution in [-0.4, -0.2) is 16.7 Å². The molecule has 0 fully saturated rings. The molecule has 0 bridgehead atoms. The summed E-state index contributed by atoms with van der Waals surface area (Å²) in [7, 11) is 0. The number of hydrogen-bond donors (Lipinski definition) is 1. The fourth-order valence-electron chi connectivity index (χ4n) is 2.06. The minimum absolute atomic E-state index is 0.485. The lowest BCUT2D eigenvalue weighted by molar-refractivity contribution is 0.623. The van der Waals surface area contributed by atoms with Gasteiger partial charge in [0.15, 0.2) is 0 Å². The highest BCUT2D eigenvalue weighted by Crippen LogP contribution is 2.23. The third-order valence-corrected chi connectivity index (χ3v) is 2.89. The van der Waals surface area contributed by atoms with Crippen LogP contribution in [-0.2, 0) is 6.42 Å². The summed E-state index contributed by atoms with van der Waals surface area (Å²) in [6.07, 6.45) is 4.24. The van der Waals surface area contributed by atoms with Crippen molar-refractivity contribution < 1.29 is 0 Å². The maximum Gasteiger partial charge on any atom is 0.0555 e. The summed E-state index contributed by atoms with van der Waals surface area (Å²) in [4.78, 5) is 8.14. The molecule has 0 saturated carbocycles. The molecule has 76 valence electrons. The maximum atomic E-state index is 4.81. The Kier molecular flexibility index (Phi) is 2.44. The van der Waals surface area contributed by atoms with E-state index in [4.69, 9.17) is 4.99 Å². The van der Waals surface area contributed by atoms with Gasteiger partial charge in [-0.25, -0.2) is 0 Å². The first-order valence-electron chi connectivity index (χ1n) is 5.46. The van der Waals surface area contributed by atoms with Crippen LogP contribution in [0.2, 0.25) is 0 Å². The van der Waals surface area contributed by atoms with Crippen molar-refractivity contribution in [3.8, 4) is 0 Å². The summed E-state index contributed by atoms with van der Waals surface area (Å²) in [6, 6.07) is 2.64. The second kappa shape index (κ2) is 3.60. The molecule has 2 nitrogen and oxygen atoms in total. The van der Waals surface area contributed by atoms with Crippen molar-refractivity contribution in [2.45, 2.75) is 39.7 Å². The van der Waals surface area contributed by atoms with Gasteiger partial charge in [-0.2, -0.15) is 0 Å². The molecule has 2 heteroatoms. The number of H-pyrrole nitrogens is 1. The molecule has 0 aromatic carbocycles. The highest BCUT2D eigenvalue weighted by Gasteiger charge is 2.22. The van der Waals surface area contributed by atoms with E-state index in [2.05, 4.69) is 31.8 Å². The van der Waals surface area contributed by atoms with Crippen LogP contribution in [0.1, 0.15) is 38.4 Å². The second-order valence-corrected chi connectivity index (χ2v) is 4.31. The van der Waals surface area contributed by atoms with E-state index in [0.29, 0.717) is 12.0 Å². The Hall–Kier alpha value is -1.05. The van der Waals surface area contributed by atoms with E-state index >= 15 is 0 Å². The van der Waals surface area contributed by atoms with Gasteiger partial charge in [-0.1, -0.05) is 20.8 Å². The second-order valence-electron chi connectivity index (χ2n) is 4.31. The van der Waals surface area contributed by atoms with Crippen LogP contribution >= 0.6 is 0 Å². The molecule has 14 heavy (non-hydrogen) atoms. The SMILES string of the molecule is CC[C@@H]1Cc2[nH]ccc2C(C(C)C)=N1. The number of hydrogen-bond acceptors (Lipinski definition) is 1. The Morgan fingerprint density at radius 1 is 1.57 bits per heavy atom. The van der Waals surface area contributed by atoms with E-state index in [9.17, 15) is 0 Å². The van der Waals surface area contributed by atoms with E-state index in [0.717, 1.165) is 12.8 Å². The van der Waals surface area contributed by atoms with Crippen LogP contribution in [0.5, 0.6) is 0 Å². The molecule has 2 heterocycles. The molecule has 1 N–H and O–H groups in total. The number of aromatic nitrogens is 1. The normalized spacial score (nSPS) is 20.9. The van der Waals surface area contributed by atoms with Gasteiger partial charge in [0.05, 0.1) is 6.04 Å². The number of aromatic amines is 1. The van der Waals surface area contributed by atoms with Crippen molar-refractivity contribution >= 4 is 5.71 Å². The number of nitrogens with zero attached hydrogens (tertiary/aromatic N) is 1. The topological polar surface area (TPSA) is 28.1 Å². The maximum absolute atomic E-state index is 4.81. The zero-order chi connectivity index (χ0) is 10.1. The molecule has 0 saturated heterocycles. The minimum Gasteiger partial charge on any atom is -0.364 e. The summed E-state index contributed by atoms with van der Waals surface area (Å²) in [6.45, 7) is 6.64. The molecular formula is C12H18N2. The van der Waals surface area contributed by atoms with Gasteiger partial charge < -0.3 is 4.98 Å². The number of rotatable bonds is 2. The molecular weight excluding hydrogens is 172 g/mol. The molecule has 0 unspecified atom stereocenters. The summed E-state index contributed by atoms with van der Waals surface area (Å²) in [5.74, 6) is 0.527. The van der Waals surface area contributed by atoms with Crippen molar-refractivity contribution in [3.05, 3.63) is 23.5 Å². The summed E-state index contributed by atoms with van der Waals surface area (Å²) >= 11 is 0. The van der Waals surface area contributed by atoms with Crippen molar-refractivity contribution in [2.24, 2.45) is 10.9 Å². The summed E-state index contributed by atoms with van der Waals surface area (Å²) < 4.78 is 0. The number of nitrogens with one attached hydrogen (secondary N) is 1. The molecule has 0 radical (unpaired) electrons. The lowest BCUT2D eigenvalue weighted by Gasteiger charge is -2.22. The average Bonchev–Trinajstić information content (AvgIpc) is 2.63. The largest absolute Gasteiger partial charge is 0.364 e. The minimum atomic E-state index is 0.485. The first-order valence-corrected chi connectivity index (χ1v) is 5.46. The van der Waals surface area contributed by atoms with Crippen LogP contribution in [0.25, 0.3) is 0 Å². The molecule has 1 atom stereocenters. The van der Waals surface area contributed by atoms with Crippen LogP contribution < -0.4 is 0 Å². The molecule has 0 aliphatic carbocycles. The Morgan fingerprint density at radius 3 is 3.00 bits per heavy atom. The van der Waals surface area contributed by atoms with Gasteiger partial charge in [0, 0.05) is 29.6 Å². The zero-order valence-electron chi connectivity index (χ0n) is 9.17. The van der Waals surface area contributed by atoms with Gasteiger partial charge in [0.1, 0.15) is 0 Å². The molecule has 1 aromatic heterocycles. The van der Waals surface area contributed by atoms with E-state index < -0.39 is 0 Å². The van der Waals surface area contributed by atoms with Crippen LogP contribution in [0, 0.1) is 5.92 Å². The molecule has 2 rings (SSSR count). The van der Waals surface area contributed by atoms with Gasteiger partial charge in [-0.15, -0.1) is 0 Å². The molecule has 1 aromatic rings. The van der Waals surface area contributed by atoms with Gasteiger partial charge >= 0.3 is 0 Å². The molecule has 1 aliphatic rings. The number of fused-ring (bicyclic) bond motifs is 1. The van der Waals surface area contributed by atoms with Gasteiger partial charge in [0.25, 0.3) is 0 Å². The Bertz CT molecular complexity index is 347. The lowest BCUT2D eigenvalue weighted by Crippen LogP contribution is -2.23. The Balaban J connectivity index is 2.40. The fraction of sp³-hybridized carbons (Fsp3) is 0.583. The van der Waals surface area contributed by atoms with Gasteiger partial charge in [-0.05, 0) is 18.4 Å². The predicted molar refractivity (Wildman–Crippen MR) is 60.0 cm³/mol. The molecule has 0 amide bonds. The monoisotopic (exact) mass is 190 g/mol. The standard InChI is InChI=1S/C12H18N2/c1-4-9-7-11-10(5-6-13-11)12(14-9)8(2)3/h5-6,8-9,13H,4,7H2,1-3H3/t9-/m1/s1. The quantitative estimate of drug-likeness (QED) is 0.743. The zero-order valence-corrected chi connectivity index (χ0v) is 9.17. The smallest absolute Gasteiger partial charge is 0.0555 e. The first kappa shape index (κ1) is 9.50. The Morgan fingerprint density at radius 2 is 2.36 bits per heavy atom. The van der Waals surface area contributed by atoms with Crippen LogP contribution in [0.3, 0.4) is 0 Å². The lowest BCUT2D eigenvalue weighted by atomic mass is 9.93. The molecule has 0 spiro atoms. The fourth-order valence-corrected chi connectivity index (χ4v) is 2.06. The third-order valence-electron chi connectivity index (χ3n) is 2.89. The van der Waals surface area contributed by atoms with Gasteiger partial charge in [-0.3, -0.25) is 4.99 Å². The highest BCUT2D eigenvalue weighted by atomic mass is 14.8. The third kappa shape index (κ3) is 1.49. The Labute approximate surface area is 85.4 Å². The van der Waals surface area contributed by atoms with E-state index in [1.54, 1.807) is 0 Å².